The van der Waals surface area contributed by atoms with E-state index in [1.54, 1.807) is 47.8 Å². The Balaban J connectivity index is 1.65. The highest BCUT2D eigenvalue weighted by atomic mass is 35.5. The summed E-state index contributed by atoms with van der Waals surface area (Å²) < 4.78 is 41.9. The fraction of sp³-hybridized carbons (Fsp3) is 0.0500. The zero-order valence-electron chi connectivity index (χ0n) is 15.0. The number of carbonyl (C=O) groups is 1. The molecule has 0 atom stereocenters. The first-order valence-corrected chi connectivity index (χ1v) is 9.83. The Kier molecular flexibility index (Phi) is 5.31. The molecule has 0 spiro atoms. The van der Waals surface area contributed by atoms with Gasteiger partial charge >= 0.3 is 6.18 Å². The molecule has 30 heavy (non-hydrogen) atoms. The molecule has 1 N–H and O–H groups in total. The lowest BCUT2D eigenvalue weighted by molar-refractivity contribution is -0.143. The highest BCUT2D eigenvalue weighted by Gasteiger charge is 2.40. The van der Waals surface area contributed by atoms with Crippen molar-refractivity contribution in [2.75, 3.05) is 5.32 Å². The lowest BCUT2D eigenvalue weighted by Crippen LogP contribution is -2.20. The number of hydrogen-bond acceptors (Lipinski definition) is 4. The van der Waals surface area contributed by atoms with Crippen LogP contribution in [0.2, 0.25) is 5.02 Å². The number of alkyl halides is 3. The second-order valence-electron chi connectivity index (χ2n) is 6.12. The molecule has 0 saturated heterocycles. The van der Waals surface area contributed by atoms with Gasteiger partial charge in [-0.3, -0.25) is 10.1 Å². The molecule has 2 aromatic carbocycles. The molecular formula is C20H12ClF3N4OS. The quantitative estimate of drug-likeness (QED) is 0.421. The average Bonchev–Trinajstić information content (AvgIpc) is 3.36. The van der Waals surface area contributed by atoms with Crippen LogP contribution in [-0.4, -0.2) is 20.7 Å². The molecule has 0 aliphatic rings. The Morgan fingerprint density at radius 3 is 2.47 bits per heavy atom. The smallest absolute Gasteiger partial charge is 0.298 e. The van der Waals surface area contributed by atoms with Gasteiger partial charge in [-0.15, -0.1) is 11.3 Å². The highest BCUT2D eigenvalue weighted by molar-refractivity contribution is 7.14. The molecule has 1 amide bonds. The third-order valence-electron chi connectivity index (χ3n) is 4.16. The number of aromatic nitrogens is 3. The molecule has 0 aliphatic heterocycles. The second kappa shape index (κ2) is 7.92. The number of halogens is 4. The summed E-state index contributed by atoms with van der Waals surface area (Å²) in [4.78, 5) is 16.9. The maximum Gasteiger partial charge on any atom is 0.434 e. The van der Waals surface area contributed by atoms with Crippen molar-refractivity contribution in [3.8, 4) is 16.9 Å². The number of thiazole rings is 1. The highest BCUT2D eigenvalue weighted by Crippen LogP contribution is 2.35. The van der Waals surface area contributed by atoms with Gasteiger partial charge < -0.3 is 0 Å². The largest absolute Gasteiger partial charge is 0.434 e. The molecule has 4 rings (SSSR count). The number of nitrogens with zero attached hydrogens (tertiary/aromatic N) is 3. The van der Waals surface area contributed by atoms with Gasteiger partial charge in [-0.05, 0) is 18.2 Å². The summed E-state index contributed by atoms with van der Waals surface area (Å²) >= 11 is 7.23. The van der Waals surface area contributed by atoms with Crippen molar-refractivity contribution in [2.45, 2.75) is 6.18 Å². The first kappa shape index (κ1) is 20.1. The maximum atomic E-state index is 13.7. The number of benzene rings is 2. The van der Waals surface area contributed by atoms with E-state index in [0.29, 0.717) is 21.0 Å². The Morgan fingerprint density at radius 1 is 1.07 bits per heavy atom. The van der Waals surface area contributed by atoms with Crippen molar-refractivity contribution >= 4 is 34.0 Å². The summed E-state index contributed by atoms with van der Waals surface area (Å²) in [5, 5.41) is 8.48. The lowest BCUT2D eigenvalue weighted by Gasteiger charge is -2.12. The van der Waals surface area contributed by atoms with Crippen LogP contribution in [0, 0.1) is 0 Å². The van der Waals surface area contributed by atoms with Crippen molar-refractivity contribution in [1.29, 1.82) is 0 Å². The van der Waals surface area contributed by atoms with E-state index >= 15 is 0 Å². The van der Waals surface area contributed by atoms with E-state index < -0.39 is 23.3 Å². The van der Waals surface area contributed by atoms with Gasteiger partial charge in [0.1, 0.15) is 0 Å². The molecule has 0 saturated carbocycles. The minimum absolute atomic E-state index is 0.149. The first-order valence-electron chi connectivity index (χ1n) is 8.57. The second-order valence-corrected chi connectivity index (χ2v) is 7.39. The van der Waals surface area contributed by atoms with Gasteiger partial charge in [0.05, 0.1) is 23.1 Å². The van der Waals surface area contributed by atoms with E-state index in [4.69, 9.17) is 11.6 Å². The van der Waals surface area contributed by atoms with Gasteiger partial charge in [0.2, 0.25) is 0 Å². The number of para-hydroxylation sites is 1. The predicted octanol–water partition coefficient (Wildman–Crippen LogP) is 5.92. The Bertz CT molecular complexity index is 1200. The summed E-state index contributed by atoms with van der Waals surface area (Å²) in [5.74, 6) is -0.954. The van der Waals surface area contributed by atoms with Crippen LogP contribution in [0.4, 0.5) is 18.3 Å². The van der Waals surface area contributed by atoms with Crippen LogP contribution in [0.25, 0.3) is 16.9 Å². The molecule has 0 aliphatic carbocycles. The van der Waals surface area contributed by atoms with Gasteiger partial charge in [0.15, 0.2) is 10.8 Å². The van der Waals surface area contributed by atoms with Gasteiger partial charge in [-0.2, -0.15) is 18.3 Å². The molecule has 4 aromatic rings. The molecule has 0 bridgehead atoms. The predicted molar refractivity (Wildman–Crippen MR) is 109 cm³/mol. The number of amides is 1. The van der Waals surface area contributed by atoms with Crippen LogP contribution in [0.3, 0.4) is 0 Å². The van der Waals surface area contributed by atoms with E-state index in [9.17, 15) is 18.0 Å². The Morgan fingerprint density at radius 2 is 1.77 bits per heavy atom. The van der Waals surface area contributed by atoms with Gasteiger partial charge in [0, 0.05) is 16.0 Å². The molecule has 5 nitrogen and oxygen atoms in total. The Labute approximate surface area is 177 Å². The zero-order valence-corrected chi connectivity index (χ0v) is 16.6. The fourth-order valence-corrected chi connectivity index (χ4v) is 3.78. The minimum atomic E-state index is -4.79. The number of anilines is 1. The third-order valence-corrected chi connectivity index (χ3v) is 5.24. The van der Waals surface area contributed by atoms with E-state index in [2.05, 4.69) is 15.4 Å². The molecule has 0 radical (unpaired) electrons. The van der Waals surface area contributed by atoms with Crippen LogP contribution < -0.4 is 5.32 Å². The molecule has 0 fully saturated rings. The number of nitrogens with one attached hydrogen (secondary N) is 1. The van der Waals surface area contributed by atoms with Gasteiger partial charge in [0.25, 0.3) is 5.91 Å². The van der Waals surface area contributed by atoms with E-state index in [0.717, 1.165) is 17.5 Å². The normalized spacial score (nSPS) is 11.5. The van der Waals surface area contributed by atoms with Gasteiger partial charge in [-0.1, -0.05) is 48.0 Å². The monoisotopic (exact) mass is 448 g/mol. The summed E-state index contributed by atoms with van der Waals surface area (Å²) in [6.07, 6.45) is -3.89. The van der Waals surface area contributed by atoms with Crippen LogP contribution in [-0.2, 0) is 6.18 Å². The molecule has 0 unspecified atom stereocenters. The van der Waals surface area contributed by atoms with Crippen molar-refractivity contribution < 1.29 is 18.0 Å². The first-order chi connectivity index (χ1) is 14.3. The zero-order chi connectivity index (χ0) is 21.3. The van der Waals surface area contributed by atoms with E-state index in [1.807, 2.05) is 0 Å². The van der Waals surface area contributed by atoms with Crippen molar-refractivity contribution in [3.05, 3.63) is 82.5 Å². The van der Waals surface area contributed by atoms with Crippen molar-refractivity contribution in [2.24, 2.45) is 0 Å². The molecule has 2 aromatic heterocycles. The summed E-state index contributed by atoms with van der Waals surface area (Å²) in [5.41, 5.74) is -0.394. The molecule has 2 heterocycles. The topological polar surface area (TPSA) is 59.8 Å². The van der Waals surface area contributed by atoms with Crippen molar-refractivity contribution in [1.82, 2.24) is 14.8 Å². The Hall–Kier alpha value is -3.17. The number of hydrogen-bond donors (Lipinski definition) is 1. The lowest BCUT2D eigenvalue weighted by atomic mass is 10.2. The van der Waals surface area contributed by atoms with Crippen LogP contribution >= 0.6 is 22.9 Å². The molecule has 10 heteroatoms. The van der Waals surface area contributed by atoms with Crippen LogP contribution in [0.15, 0.2) is 66.2 Å². The average molecular weight is 449 g/mol. The van der Waals surface area contributed by atoms with E-state index in [-0.39, 0.29) is 10.8 Å². The maximum absolute atomic E-state index is 13.7. The van der Waals surface area contributed by atoms with Crippen molar-refractivity contribution in [3.63, 3.8) is 0 Å². The molecule has 152 valence electrons. The van der Waals surface area contributed by atoms with Gasteiger partial charge in [-0.25, -0.2) is 9.67 Å². The standard InChI is InChI=1S/C20H12ClF3N4OS/c21-15-9-5-4-8-13(15)16-11-30-19(26-16)27-18(29)14-10-25-28(17(14)20(22,23)24)12-6-2-1-3-7-12/h1-11H,(H,26,27,29). The fourth-order valence-electron chi connectivity index (χ4n) is 2.84. The molecular weight excluding hydrogens is 437 g/mol. The summed E-state index contributed by atoms with van der Waals surface area (Å²) in [6.45, 7) is 0. The van der Waals surface area contributed by atoms with Crippen LogP contribution in [0.1, 0.15) is 16.1 Å². The SMILES string of the molecule is O=C(Nc1nc(-c2ccccc2Cl)cs1)c1cnn(-c2ccccc2)c1C(F)(F)F. The number of carbonyl (C=O) groups excluding carboxylic acids is 1. The third kappa shape index (κ3) is 3.94. The summed E-state index contributed by atoms with van der Waals surface area (Å²) in [7, 11) is 0. The van der Waals surface area contributed by atoms with Crippen LogP contribution in [0.5, 0.6) is 0 Å². The minimum Gasteiger partial charge on any atom is -0.298 e. The summed E-state index contributed by atoms with van der Waals surface area (Å²) in [6, 6.07) is 14.8. The van der Waals surface area contributed by atoms with E-state index in [1.165, 1.54) is 12.1 Å². The number of rotatable bonds is 4.